The number of aromatic nitrogens is 1. The average Bonchev–Trinajstić information content (AvgIpc) is 3.82. The number of para-hydroxylation sites is 2. The van der Waals surface area contributed by atoms with Gasteiger partial charge in [-0.3, -0.25) is 0 Å². The van der Waals surface area contributed by atoms with Crippen molar-refractivity contribution in [1.29, 1.82) is 0 Å². The summed E-state index contributed by atoms with van der Waals surface area (Å²) in [4.78, 5) is 3.45. The van der Waals surface area contributed by atoms with Crippen molar-refractivity contribution in [1.82, 2.24) is 4.98 Å². The van der Waals surface area contributed by atoms with Gasteiger partial charge in [-0.25, -0.2) is 0 Å². The van der Waals surface area contributed by atoms with Gasteiger partial charge in [0.05, 0.1) is 5.52 Å². The van der Waals surface area contributed by atoms with Gasteiger partial charge in [0.25, 0.3) is 0 Å². The first-order valence-corrected chi connectivity index (χ1v) is 16.7. The minimum Gasteiger partial charge on any atom is -0.683 e. The molecule has 10 aromatic rings. The van der Waals surface area contributed by atoms with E-state index in [1.54, 1.807) is 18.4 Å². The Hall–Kier alpha value is -5.35. The van der Waals surface area contributed by atoms with Crippen molar-refractivity contribution in [2.45, 2.75) is 0 Å². The fraction of sp³-hybridized carbons (Fsp3) is 0.0233. The topological polar surface area (TPSA) is 63.3 Å². The summed E-state index contributed by atoms with van der Waals surface area (Å²) in [5.74, 6) is 0.262. The first-order valence-electron chi connectivity index (χ1n) is 15.9. The Morgan fingerprint density at radius 1 is 0.551 bits per heavy atom. The first kappa shape index (κ1) is 30.9. The molecule has 2 N–H and O–H groups in total. The maximum absolute atomic E-state index is 11.1. The SMILES string of the molecule is C[N-]c1c(-c2cccc(-c3ccccc3)c2)cc2sc3ccccc3c2c1O.[W].c1ccc2c(c1)[nH]c1cc3oc4ccccc4c3cc12. The van der Waals surface area contributed by atoms with Crippen LogP contribution in [-0.4, -0.2) is 17.1 Å². The summed E-state index contributed by atoms with van der Waals surface area (Å²) in [5, 5.41) is 22.4. The number of H-pyrrole nitrogens is 1. The van der Waals surface area contributed by atoms with Crippen molar-refractivity contribution in [3.05, 3.63) is 151 Å². The molecule has 3 heterocycles. The Labute approximate surface area is 300 Å². The molecule has 0 fully saturated rings. The minimum absolute atomic E-state index is 0. The van der Waals surface area contributed by atoms with E-state index in [4.69, 9.17) is 4.42 Å². The third-order valence-electron chi connectivity index (χ3n) is 9.12. The van der Waals surface area contributed by atoms with E-state index >= 15 is 0 Å². The third kappa shape index (κ3) is 5.27. The van der Waals surface area contributed by atoms with Crippen LogP contribution in [0.3, 0.4) is 0 Å². The number of nitrogens with one attached hydrogen (secondary N) is 1. The van der Waals surface area contributed by atoms with Crippen LogP contribution in [0.4, 0.5) is 5.69 Å². The van der Waals surface area contributed by atoms with Crippen molar-refractivity contribution in [3.8, 4) is 28.0 Å². The van der Waals surface area contributed by atoms with Gasteiger partial charge >= 0.3 is 0 Å². The number of benzene rings is 7. The number of aromatic amines is 1. The van der Waals surface area contributed by atoms with Crippen LogP contribution < -0.4 is 0 Å². The van der Waals surface area contributed by atoms with E-state index in [2.05, 4.69) is 113 Å². The molecule has 4 nitrogen and oxygen atoms in total. The summed E-state index contributed by atoms with van der Waals surface area (Å²) in [5.41, 5.74) is 9.14. The zero-order chi connectivity index (χ0) is 32.2. The normalized spacial score (nSPS) is 11.3. The Morgan fingerprint density at radius 3 is 2.08 bits per heavy atom. The smallest absolute Gasteiger partial charge is 0.137 e. The number of hydrogen-bond acceptors (Lipinski definition) is 3. The molecule has 0 unspecified atom stereocenters. The van der Waals surface area contributed by atoms with E-state index in [9.17, 15) is 5.11 Å². The summed E-state index contributed by atoms with van der Waals surface area (Å²) in [6, 6.07) is 50.0. The second-order valence-electron chi connectivity index (χ2n) is 11.9. The van der Waals surface area contributed by atoms with Crippen LogP contribution in [0.5, 0.6) is 5.75 Å². The van der Waals surface area contributed by atoms with Crippen LogP contribution in [0, 0.1) is 0 Å². The van der Waals surface area contributed by atoms with E-state index in [1.165, 1.54) is 37.3 Å². The zero-order valence-corrected chi connectivity index (χ0v) is 30.2. The summed E-state index contributed by atoms with van der Waals surface area (Å²) >= 11 is 1.70. The van der Waals surface area contributed by atoms with Gasteiger partial charge in [-0.2, -0.15) is 0 Å². The van der Waals surface area contributed by atoms with E-state index in [1.807, 2.05) is 42.5 Å². The number of hydrogen-bond donors (Lipinski definition) is 2. The number of aromatic hydroxyl groups is 1. The fourth-order valence-electron chi connectivity index (χ4n) is 6.87. The molecule has 0 aliphatic heterocycles. The van der Waals surface area contributed by atoms with Gasteiger partial charge in [0.1, 0.15) is 16.9 Å². The van der Waals surface area contributed by atoms with Crippen molar-refractivity contribution in [3.63, 3.8) is 0 Å². The Bertz CT molecular complexity index is 2710. The zero-order valence-electron chi connectivity index (χ0n) is 26.5. The quantitative estimate of drug-likeness (QED) is 0.186. The average molecular weight is 822 g/mol. The summed E-state index contributed by atoms with van der Waals surface area (Å²) in [6.45, 7) is 0. The summed E-state index contributed by atoms with van der Waals surface area (Å²) in [7, 11) is 1.74. The Balaban J connectivity index is 0.000000146. The maximum atomic E-state index is 11.1. The number of phenols is 1. The van der Waals surface area contributed by atoms with Crippen LogP contribution in [0.2, 0.25) is 0 Å². The molecule has 3 aromatic heterocycles. The molecular weight excluding hydrogens is 792 g/mol. The summed E-state index contributed by atoms with van der Waals surface area (Å²) < 4.78 is 8.18. The van der Waals surface area contributed by atoms with Crippen LogP contribution in [0.1, 0.15) is 0 Å². The van der Waals surface area contributed by atoms with Gasteiger partial charge in [-0.15, -0.1) is 18.4 Å². The molecule has 0 amide bonds. The number of fused-ring (bicyclic) bond motifs is 9. The molecule has 0 saturated carbocycles. The summed E-state index contributed by atoms with van der Waals surface area (Å²) in [6.07, 6.45) is 0. The van der Waals surface area contributed by atoms with E-state index < -0.39 is 0 Å². The van der Waals surface area contributed by atoms with Crippen LogP contribution in [0.15, 0.2) is 150 Å². The van der Waals surface area contributed by atoms with Crippen molar-refractivity contribution >= 4 is 80.9 Å². The van der Waals surface area contributed by atoms with Crippen LogP contribution >= 0.6 is 11.3 Å². The minimum atomic E-state index is 0. The van der Waals surface area contributed by atoms with Gasteiger partial charge in [-0.1, -0.05) is 109 Å². The third-order valence-corrected chi connectivity index (χ3v) is 10.2. The molecular formula is C43H29N2O2SW-. The Kier molecular flexibility index (Phi) is 7.95. The predicted molar refractivity (Wildman–Crippen MR) is 204 cm³/mol. The molecule has 0 bridgehead atoms. The van der Waals surface area contributed by atoms with E-state index in [-0.39, 0.29) is 26.8 Å². The van der Waals surface area contributed by atoms with Crippen molar-refractivity contribution < 1.29 is 30.6 Å². The molecule has 0 aliphatic rings. The molecule has 0 aliphatic carbocycles. The number of furan rings is 1. The van der Waals surface area contributed by atoms with E-state index in [0.29, 0.717) is 5.69 Å². The molecule has 0 saturated heterocycles. The number of rotatable bonds is 3. The molecule has 6 heteroatoms. The molecule has 7 aromatic carbocycles. The largest absolute Gasteiger partial charge is 0.683 e. The monoisotopic (exact) mass is 821 g/mol. The van der Waals surface area contributed by atoms with Crippen molar-refractivity contribution in [2.75, 3.05) is 7.05 Å². The first-order chi connectivity index (χ1) is 23.7. The molecule has 236 valence electrons. The van der Waals surface area contributed by atoms with E-state index in [0.717, 1.165) is 48.8 Å². The Morgan fingerprint density at radius 2 is 1.24 bits per heavy atom. The second kappa shape index (κ2) is 12.6. The van der Waals surface area contributed by atoms with Gasteiger partial charge in [0, 0.05) is 74.4 Å². The van der Waals surface area contributed by atoms with Gasteiger partial charge in [0.15, 0.2) is 0 Å². The van der Waals surface area contributed by atoms with Crippen LogP contribution in [-0.2, 0) is 21.1 Å². The molecule has 10 rings (SSSR count). The maximum Gasteiger partial charge on any atom is 0.137 e. The van der Waals surface area contributed by atoms with Gasteiger partial charge < -0.3 is 19.8 Å². The second-order valence-corrected chi connectivity index (χ2v) is 13.0. The van der Waals surface area contributed by atoms with Crippen LogP contribution in [0.25, 0.3) is 91.5 Å². The molecule has 49 heavy (non-hydrogen) atoms. The molecule has 0 atom stereocenters. The fourth-order valence-corrected chi connectivity index (χ4v) is 8.02. The van der Waals surface area contributed by atoms with Gasteiger partial charge in [0.2, 0.25) is 0 Å². The predicted octanol–water partition coefficient (Wildman–Crippen LogP) is 12.9. The molecule has 0 radical (unpaired) electrons. The standard InChI is InChI=1S/C25H18NOS.C18H11NO.W/c1-26-24-20(18-11-7-10-17(14-18)16-8-3-2-4-9-16)15-22-23(25(24)27)19-12-5-6-13-21(19)28-22;1-3-7-15-11(5-1)13-9-14-12-6-2-4-8-17(12)20-18(14)10-16(13)19-15;/h2-15,27H,1H3;1-10,19H;/q-1;;. The molecule has 0 spiro atoms. The number of nitrogens with zero attached hydrogens (tertiary/aromatic N) is 1. The van der Waals surface area contributed by atoms with Gasteiger partial charge in [-0.05, 0) is 58.7 Å². The number of phenolic OH excluding ortho intramolecular Hbond substituents is 1. The van der Waals surface area contributed by atoms with Crippen molar-refractivity contribution in [2.24, 2.45) is 0 Å². The number of thiophene rings is 1.